The lowest BCUT2D eigenvalue weighted by atomic mass is 9.80. The summed E-state index contributed by atoms with van der Waals surface area (Å²) in [5, 5.41) is 12.4. The summed E-state index contributed by atoms with van der Waals surface area (Å²) in [5.74, 6) is -1.64. The van der Waals surface area contributed by atoms with Gasteiger partial charge in [0.1, 0.15) is 12.1 Å². The van der Waals surface area contributed by atoms with Gasteiger partial charge in [0.05, 0.1) is 5.92 Å². The Kier molecular flexibility index (Phi) is 6.50. The van der Waals surface area contributed by atoms with E-state index in [0.717, 1.165) is 41.5 Å². The Labute approximate surface area is 205 Å². The van der Waals surface area contributed by atoms with Crippen molar-refractivity contribution in [2.75, 3.05) is 19.7 Å². The van der Waals surface area contributed by atoms with E-state index >= 15 is 0 Å². The number of benzene rings is 2. The highest BCUT2D eigenvalue weighted by Gasteiger charge is 2.45. The van der Waals surface area contributed by atoms with Crippen LogP contribution in [0.2, 0.25) is 0 Å². The van der Waals surface area contributed by atoms with E-state index in [1.165, 1.54) is 0 Å². The predicted molar refractivity (Wildman–Crippen MR) is 131 cm³/mol. The summed E-state index contributed by atoms with van der Waals surface area (Å²) in [7, 11) is 0. The average Bonchev–Trinajstić information content (AvgIpc) is 3.21. The molecule has 1 unspecified atom stereocenters. The molecule has 0 radical (unpaired) electrons. The lowest BCUT2D eigenvalue weighted by molar-refractivity contribution is -0.148. The number of carbonyl (C=O) groups is 3. The summed E-state index contributed by atoms with van der Waals surface area (Å²) in [5.41, 5.74) is 3.57. The summed E-state index contributed by atoms with van der Waals surface area (Å²) in [4.78, 5) is 39.8. The molecule has 2 aliphatic carbocycles. The molecule has 1 atom stereocenters. The minimum atomic E-state index is -1.03. The summed E-state index contributed by atoms with van der Waals surface area (Å²) < 4.78 is 5.75. The highest BCUT2D eigenvalue weighted by atomic mass is 16.5. The molecule has 0 bridgehead atoms. The van der Waals surface area contributed by atoms with Gasteiger partial charge in [-0.2, -0.15) is 0 Å². The van der Waals surface area contributed by atoms with Gasteiger partial charge in [0.2, 0.25) is 5.91 Å². The van der Waals surface area contributed by atoms with E-state index in [0.29, 0.717) is 32.2 Å². The molecule has 2 aromatic rings. The van der Waals surface area contributed by atoms with Crippen molar-refractivity contribution in [2.45, 2.75) is 56.4 Å². The second-order valence-corrected chi connectivity index (χ2v) is 10.0. The SMILES string of the molecule is O=C(NC1(C(=O)N2CCCC(C(=O)O)C2)CCCCC1)OCC1c2ccccc2-c2ccccc21. The molecule has 2 aromatic carbocycles. The maximum absolute atomic E-state index is 13.6. The molecule has 7 nitrogen and oxygen atoms in total. The van der Waals surface area contributed by atoms with Crippen LogP contribution in [0.5, 0.6) is 0 Å². The zero-order valence-electron chi connectivity index (χ0n) is 19.9. The molecule has 2 N–H and O–H groups in total. The zero-order chi connectivity index (χ0) is 24.4. The van der Waals surface area contributed by atoms with Gasteiger partial charge in [-0.25, -0.2) is 4.79 Å². The predicted octanol–water partition coefficient (Wildman–Crippen LogP) is 4.55. The molecule has 3 aliphatic rings. The van der Waals surface area contributed by atoms with E-state index in [9.17, 15) is 19.5 Å². The molecule has 1 aliphatic heterocycles. The highest BCUT2D eigenvalue weighted by molar-refractivity contribution is 5.90. The summed E-state index contributed by atoms with van der Waals surface area (Å²) in [6, 6.07) is 16.3. The molecule has 2 fully saturated rings. The molecule has 1 heterocycles. The molecule has 0 spiro atoms. The molecule has 184 valence electrons. The Morgan fingerprint density at radius 1 is 0.943 bits per heavy atom. The Bertz CT molecular complexity index is 1080. The fourth-order valence-electron chi connectivity index (χ4n) is 6.04. The van der Waals surface area contributed by atoms with Crippen molar-refractivity contribution in [3.05, 3.63) is 59.7 Å². The number of amides is 2. The Balaban J connectivity index is 1.29. The lowest BCUT2D eigenvalue weighted by Gasteiger charge is -2.42. The van der Waals surface area contributed by atoms with Crippen LogP contribution in [0, 0.1) is 5.92 Å². The molecule has 1 saturated carbocycles. The van der Waals surface area contributed by atoms with Gasteiger partial charge in [-0.3, -0.25) is 9.59 Å². The third-order valence-electron chi connectivity index (χ3n) is 7.86. The van der Waals surface area contributed by atoms with Crippen molar-refractivity contribution < 1.29 is 24.2 Å². The minimum Gasteiger partial charge on any atom is -0.481 e. The fourth-order valence-corrected chi connectivity index (χ4v) is 6.04. The number of ether oxygens (including phenoxy) is 1. The number of fused-ring (bicyclic) bond motifs is 3. The second kappa shape index (κ2) is 9.72. The first kappa shape index (κ1) is 23.4. The standard InChI is InChI=1S/C28H32N2O5/c31-25(32)19-9-8-16-30(17-19)26(33)28(14-6-1-7-15-28)29-27(34)35-18-24-22-12-4-2-10-20(22)21-11-3-5-13-23(21)24/h2-5,10-13,19,24H,1,6-9,14-18H2,(H,29,34)(H,31,32). The number of aliphatic carboxylic acids is 1. The number of alkyl carbamates (subject to hydrolysis) is 1. The van der Waals surface area contributed by atoms with Crippen LogP contribution in [0.3, 0.4) is 0 Å². The number of carboxylic acids is 1. The van der Waals surface area contributed by atoms with Gasteiger partial charge in [0, 0.05) is 19.0 Å². The van der Waals surface area contributed by atoms with Crippen LogP contribution in [0.15, 0.2) is 48.5 Å². The number of hydrogen-bond acceptors (Lipinski definition) is 4. The monoisotopic (exact) mass is 476 g/mol. The maximum atomic E-state index is 13.6. The third-order valence-corrected chi connectivity index (χ3v) is 7.86. The maximum Gasteiger partial charge on any atom is 0.408 e. The van der Waals surface area contributed by atoms with Gasteiger partial charge in [0.15, 0.2) is 0 Å². The molecule has 0 aromatic heterocycles. The van der Waals surface area contributed by atoms with E-state index in [-0.39, 0.29) is 25.0 Å². The Hall–Kier alpha value is -3.35. The number of nitrogens with one attached hydrogen (secondary N) is 1. The first-order chi connectivity index (χ1) is 17.0. The molecular weight excluding hydrogens is 444 g/mol. The molecule has 7 heteroatoms. The van der Waals surface area contributed by atoms with E-state index in [1.807, 2.05) is 24.3 Å². The van der Waals surface area contributed by atoms with E-state index in [2.05, 4.69) is 29.6 Å². The van der Waals surface area contributed by atoms with Crippen LogP contribution in [0.1, 0.15) is 62.0 Å². The number of likely N-dealkylation sites (tertiary alicyclic amines) is 1. The first-order valence-electron chi connectivity index (χ1n) is 12.6. The van der Waals surface area contributed by atoms with Crippen LogP contribution in [0.25, 0.3) is 11.1 Å². The largest absolute Gasteiger partial charge is 0.481 e. The summed E-state index contributed by atoms with van der Waals surface area (Å²) in [6.07, 6.45) is 4.43. The molecule has 35 heavy (non-hydrogen) atoms. The van der Waals surface area contributed by atoms with Crippen molar-refractivity contribution in [2.24, 2.45) is 5.92 Å². The highest BCUT2D eigenvalue weighted by Crippen LogP contribution is 2.44. The van der Waals surface area contributed by atoms with Crippen LogP contribution in [-0.4, -0.2) is 53.2 Å². The van der Waals surface area contributed by atoms with Crippen LogP contribution < -0.4 is 5.32 Å². The van der Waals surface area contributed by atoms with Crippen molar-refractivity contribution in [3.8, 4) is 11.1 Å². The zero-order valence-corrected chi connectivity index (χ0v) is 19.9. The first-order valence-corrected chi connectivity index (χ1v) is 12.6. The van der Waals surface area contributed by atoms with E-state index in [4.69, 9.17) is 4.74 Å². The van der Waals surface area contributed by atoms with Crippen molar-refractivity contribution in [3.63, 3.8) is 0 Å². The third kappa shape index (κ3) is 4.51. The summed E-state index contributed by atoms with van der Waals surface area (Å²) >= 11 is 0. The van der Waals surface area contributed by atoms with Crippen LogP contribution >= 0.6 is 0 Å². The number of carboxylic acid groups (broad SMARTS) is 1. The van der Waals surface area contributed by atoms with Gasteiger partial charge in [0.25, 0.3) is 0 Å². The lowest BCUT2D eigenvalue weighted by Crippen LogP contribution is -2.62. The average molecular weight is 477 g/mol. The fraction of sp³-hybridized carbons (Fsp3) is 0.464. The van der Waals surface area contributed by atoms with Gasteiger partial charge in [-0.1, -0.05) is 67.8 Å². The van der Waals surface area contributed by atoms with Crippen LogP contribution in [0.4, 0.5) is 4.79 Å². The van der Waals surface area contributed by atoms with E-state index in [1.54, 1.807) is 4.90 Å². The molecule has 1 saturated heterocycles. The van der Waals surface area contributed by atoms with Gasteiger partial charge in [-0.15, -0.1) is 0 Å². The van der Waals surface area contributed by atoms with Crippen molar-refractivity contribution in [1.29, 1.82) is 0 Å². The van der Waals surface area contributed by atoms with Crippen molar-refractivity contribution >= 4 is 18.0 Å². The van der Waals surface area contributed by atoms with Gasteiger partial charge < -0.3 is 20.1 Å². The Morgan fingerprint density at radius 2 is 1.57 bits per heavy atom. The van der Waals surface area contributed by atoms with E-state index < -0.39 is 23.5 Å². The Morgan fingerprint density at radius 3 is 2.20 bits per heavy atom. The quantitative estimate of drug-likeness (QED) is 0.660. The molecule has 5 rings (SSSR count). The smallest absolute Gasteiger partial charge is 0.408 e. The topological polar surface area (TPSA) is 95.9 Å². The normalized spacial score (nSPS) is 21.0. The second-order valence-electron chi connectivity index (χ2n) is 10.0. The number of piperidine rings is 1. The number of rotatable bonds is 5. The summed E-state index contributed by atoms with van der Waals surface area (Å²) in [6.45, 7) is 0.911. The number of carbonyl (C=O) groups excluding carboxylic acids is 2. The molecule has 2 amide bonds. The van der Waals surface area contributed by atoms with Gasteiger partial charge >= 0.3 is 12.1 Å². The number of hydrogen-bond donors (Lipinski definition) is 2. The molecular formula is C28H32N2O5. The van der Waals surface area contributed by atoms with Crippen LogP contribution in [-0.2, 0) is 14.3 Å². The van der Waals surface area contributed by atoms with Crippen molar-refractivity contribution in [1.82, 2.24) is 10.2 Å². The number of nitrogens with zero attached hydrogens (tertiary/aromatic N) is 1. The minimum absolute atomic E-state index is 0.0513. The van der Waals surface area contributed by atoms with Gasteiger partial charge in [-0.05, 0) is 47.9 Å².